The van der Waals surface area contributed by atoms with Crippen LogP contribution in [-0.2, 0) is 14.3 Å². The lowest BCUT2D eigenvalue weighted by Gasteiger charge is -2.32. The lowest BCUT2D eigenvalue weighted by Crippen LogP contribution is -2.44. The van der Waals surface area contributed by atoms with E-state index in [0.717, 1.165) is 0 Å². The number of hydrogen-bond acceptors (Lipinski definition) is 3. The molecule has 3 aliphatic rings. The second-order valence-electron chi connectivity index (χ2n) is 4.11. The van der Waals surface area contributed by atoms with Gasteiger partial charge in [-0.25, -0.2) is 0 Å². The third kappa shape index (κ3) is 0.627. The Bertz CT molecular complexity index is 228. The second-order valence-corrected chi connectivity index (χ2v) is 4.11. The third-order valence-corrected chi connectivity index (χ3v) is 3.41. The van der Waals surface area contributed by atoms with E-state index in [1.54, 1.807) is 0 Å². The lowest BCUT2D eigenvalue weighted by atomic mass is 9.88. The van der Waals surface area contributed by atoms with Crippen molar-refractivity contribution in [3.8, 4) is 0 Å². The van der Waals surface area contributed by atoms with Gasteiger partial charge < -0.3 is 9.47 Å². The zero-order valence-electron chi connectivity index (χ0n) is 7.19. The first kappa shape index (κ1) is 7.04. The first-order valence-corrected chi connectivity index (χ1v) is 4.55. The van der Waals surface area contributed by atoms with E-state index in [1.165, 1.54) is 0 Å². The molecule has 3 nitrogen and oxygen atoms in total. The zero-order chi connectivity index (χ0) is 8.46. The van der Waals surface area contributed by atoms with Crippen LogP contribution in [0.4, 0.5) is 0 Å². The van der Waals surface area contributed by atoms with Crippen molar-refractivity contribution in [3.63, 3.8) is 0 Å². The summed E-state index contributed by atoms with van der Waals surface area (Å²) < 4.78 is 11.1. The van der Waals surface area contributed by atoms with Crippen molar-refractivity contribution in [1.82, 2.24) is 0 Å². The summed E-state index contributed by atoms with van der Waals surface area (Å²) in [5.41, 5.74) is 0. The molecule has 0 aromatic rings. The Balaban J connectivity index is 1.98. The van der Waals surface area contributed by atoms with Crippen molar-refractivity contribution < 1.29 is 14.3 Å². The quantitative estimate of drug-likeness (QED) is 0.491. The number of hydrogen-bond donors (Lipinski definition) is 0. The molecular weight excluding hydrogens is 156 g/mol. The van der Waals surface area contributed by atoms with Crippen molar-refractivity contribution in [2.24, 2.45) is 11.8 Å². The van der Waals surface area contributed by atoms with Gasteiger partial charge in [0, 0.05) is 11.8 Å². The molecule has 3 heteroatoms. The van der Waals surface area contributed by atoms with Crippen LogP contribution in [0.15, 0.2) is 0 Å². The maximum atomic E-state index is 11.6. The molecule has 0 aromatic heterocycles. The summed E-state index contributed by atoms with van der Waals surface area (Å²) in [5.74, 6) is 0.426. The molecule has 0 N–H and O–H groups in total. The van der Waals surface area contributed by atoms with Gasteiger partial charge in [0.05, 0.1) is 12.2 Å². The number of epoxide rings is 1. The Labute approximate surface area is 71.0 Å². The van der Waals surface area contributed by atoms with Crippen LogP contribution in [0, 0.1) is 11.8 Å². The average Bonchev–Trinajstić information content (AvgIpc) is 2.76. The number of fused-ring (bicyclic) bond motifs is 5. The van der Waals surface area contributed by atoms with Crippen LogP contribution in [-0.4, -0.2) is 30.2 Å². The molecule has 0 aliphatic carbocycles. The molecule has 1 unspecified atom stereocenters. The van der Waals surface area contributed by atoms with E-state index in [-0.39, 0.29) is 36.3 Å². The number of rotatable bonds is 0. The van der Waals surface area contributed by atoms with E-state index in [2.05, 4.69) is 0 Å². The molecule has 0 saturated carbocycles. The van der Waals surface area contributed by atoms with Gasteiger partial charge in [-0.15, -0.1) is 0 Å². The molecule has 0 amide bonds. The van der Waals surface area contributed by atoms with Gasteiger partial charge in [0.15, 0.2) is 0 Å². The van der Waals surface area contributed by atoms with Crippen LogP contribution in [0.3, 0.4) is 0 Å². The van der Waals surface area contributed by atoms with Crippen LogP contribution in [0.1, 0.15) is 13.8 Å². The van der Waals surface area contributed by atoms with Gasteiger partial charge in [-0.2, -0.15) is 0 Å². The summed E-state index contributed by atoms with van der Waals surface area (Å²) in [5, 5.41) is 0. The molecule has 0 radical (unpaired) electrons. The van der Waals surface area contributed by atoms with Crippen LogP contribution in [0.5, 0.6) is 0 Å². The first-order valence-electron chi connectivity index (χ1n) is 4.55. The Morgan fingerprint density at radius 1 is 0.917 bits per heavy atom. The predicted molar refractivity (Wildman–Crippen MR) is 40.7 cm³/mol. The molecule has 3 saturated heterocycles. The zero-order valence-corrected chi connectivity index (χ0v) is 7.19. The van der Waals surface area contributed by atoms with Gasteiger partial charge in [0.1, 0.15) is 18.0 Å². The summed E-state index contributed by atoms with van der Waals surface area (Å²) in [6.07, 6.45) is 0.588. The van der Waals surface area contributed by atoms with E-state index in [9.17, 15) is 4.79 Å². The summed E-state index contributed by atoms with van der Waals surface area (Å²) in [7, 11) is 0. The Morgan fingerprint density at radius 3 is 1.83 bits per heavy atom. The van der Waals surface area contributed by atoms with Crippen molar-refractivity contribution in [3.05, 3.63) is 0 Å². The molecule has 3 rings (SSSR count). The number of ether oxygens (including phenoxy) is 2. The molecule has 66 valence electrons. The monoisotopic (exact) mass is 168 g/mol. The average molecular weight is 168 g/mol. The fourth-order valence-corrected chi connectivity index (χ4v) is 2.54. The van der Waals surface area contributed by atoms with Gasteiger partial charge >= 0.3 is 0 Å². The number of Topliss-reactive ketones (excluding diaryl/α,β-unsaturated/α-hetero) is 1. The standard InChI is InChI=1S/C9H12O3/c1-3-5(10)4(2)7-9-8(12-9)6(3)11-7/h3-4,6-9H,1-2H3/t3-,4+,6+,7-,8+,9?/m1/s1. The number of carbonyl (C=O) groups is 1. The minimum atomic E-state index is 0.0359. The molecule has 12 heavy (non-hydrogen) atoms. The second kappa shape index (κ2) is 1.91. The SMILES string of the molecule is C[C@@H]1C(=O)[C@H](C)[C@H]2O[C@@H]1[C@@H]1OC12. The maximum absolute atomic E-state index is 11.6. The molecule has 3 fully saturated rings. The van der Waals surface area contributed by atoms with Gasteiger partial charge in [0.25, 0.3) is 0 Å². The summed E-state index contributed by atoms with van der Waals surface area (Å²) >= 11 is 0. The highest BCUT2D eigenvalue weighted by Crippen LogP contribution is 2.49. The van der Waals surface area contributed by atoms with Crippen molar-refractivity contribution >= 4 is 5.78 Å². The molecule has 3 heterocycles. The molecule has 2 bridgehead atoms. The highest BCUT2D eigenvalue weighted by Gasteiger charge is 2.65. The van der Waals surface area contributed by atoms with E-state index in [1.807, 2.05) is 13.8 Å². The molecule has 0 aromatic carbocycles. The van der Waals surface area contributed by atoms with Crippen molar-refractivity contribution in [1.29, 1.82) is 0 Å². The Morgan fingerprint density at radius 2 is 1.33 bits per heavy atom. The Hall–Kier alpha value is -0.410. The molecule has 0 spiro atoms. The normalized spacial score (nSPS) is 61.7. The highest BCUT2D eigenvalue weighted by atomic mass is 16.7. The van der Waals surface area contributed by atoms with Crippen LogP contribution in [0.2, 0.25) is 0 Å². The van der Waals surface area contributed by atoms with E-state index >= 15 is 0 Å². The minimum Gasteiger partial charge on any atom is -0.368 e. The summed E-state index contributed by atoms with van der Waals surface area (Å²) in [6, 6.07) is 0. The van der Waals surface area contributed by atoms with E-state index in [4.69, 9.17) is 9.47 Å². The fourth-order valence-electron chi connectivity index (χ4n) is 2.54. The summed E-state index contributed by atoms with van der Waals surface area (Å²) in [4.78, 5) is 11.6. The van der Waals surface area contributed by atoms with Gasteiger partial charge in [-0.05, 0) is 0 Å². The summed E-state index contributed by atoms with van der Waals surface area (Å²) in [6.45, 7) is 3.90. The van der Waals surface area contributed by atoms with E-state index < -0.39 is 0 Å². The molecular formula is C9H12O3. The van der Waals surface area contributed by atoms with Crippen LogP contribution < -0.4 is 0 Å². The topological polar surface area (TPSA) is 38.8 Å². The van der Waals surface area contributed by atoms with Crippen molar-refractivity contribution in [2.75, 3.05) is 0 Å². The van der Waals surface area contributed by atoms with Gasteiger partial charge in [-0.3, -0.25) is 4.79 Å². The molecule has 6 atom stereocenters. The third-order valence-electron chi connectivity index (χ3n) is 3.41. The van der Waals surface area contributed by atoms with Crippen LogP contribution in [0.25, 0.3) is 0 Å². The van der Waals surface area contributed by atoms with Crippen LogP contribution >= 0.6 is 0 Å². The van der Waals surface area contributed by atoms with Gasteiger partial charge in [-0.1, -0.05) is 13.8 Å². The fraction of sp³-hybridized carbons (Fsp3) is 0.889. The minimum absolute atomic E-state index is 0.0359. The molecule has 3 aliphatic heterocycles. The smallest absolute Gasteiger partial charge is 0.143 e. The van der Waals surface area contributed by atoms with Gasteiger partial charge in [0.2, 0.25) is 0 Å². The Kier molecular flexibility index (Phi) is 1.12. The first-order chi connectivity index (χ1) is 5.70. The highest BCUT2D eigenvalue weighted by molar-refractivity contribution is 5.85. The number of ketones is 1. The predicted octanol–water partition coefficient (Wildman–Crippen LogP) is 0.376. The number of carbonyl (C=O) groups excluding carboxylic acids is 1. The van der Waals surface area contributed by atoms with Crippen molar-refractivity contribution in [2.45, 2.75) is 38.3 Å². The largest absolute Gasteiger partial charge is 0.368 e. The van der Waals surface area contributed by atoms with E-state index in [0.29, 0.717) is 5.78 Å². The lowest BCUT2D eigenvalue weighted by molar-refractivity contribution is -0.156. The maximum Gasteiger partial charge on any atom is 0.143 e.